The fraction of sp³-hybridized carbons (Fsp3) is 0.462. The van der Waals surface area contributed by atoms with Gasteiger partial charge in [-0.3, -0.25) is 0 Å². The van der Waals surface area contributed by atoms with Crippen molar-refractivity contribution in [2.24, 2.45) is 5.73 Å². The van der Waals surface area contributed by atoms with Gasteiger partial charge in [-0.2, -0.15) is 0 Å². The van der Waals surface area contributed by atoms with Crippen molar-refractivity contribution in [3.05, 3.63) is 18.2 Å². The number of nitrogens with zero attached hydrogens (tertiary/aromatic N) is 1. The van der Waals surface area contributed by atoms with Gasteiger partial charge in [-0.15, -0.1) is 0 Å². The summed E-state index contributed by atoms with van der Waals surface area (Å²) in [5.74, 6) is 1.63. The van der Waals surface area contributed by atoms with E-state index in [-0.39, 0.29) is 0 Å². The highest BCUT2D eigenvalue weighted by molar-refractivity contribution is 7.99. The lowest BCUT2D eigenvalue weighted by Gasteiger charge is -2.04. The Kier molecular flexibility index (Phi) is 5.07. The molecule has 6 heteroatoms. The molecule has 104 valence electrons. The second-order valence-electron chi connectivity index (χ2n) is 4.18. The van der Waals surface area contributed by atoms with Crippen molar-refractivity contribution < 1.29 is 9.84 Å². The SMILES string of the molecule is CCOc1ccc2nc(SCCC(O)CN)[nH]c2c1. The van der Waals surface area contributed by atoms with Crippen molar-refractivity contribution >= 4 is 22.8 Å². The molecule has 0 aliphatic carbocycles. The van der Waals surface area contributed by atoms with Crippen molar-refractivity contribution in [2.75, 3.05) is 18.9 Å². The van der Waals surface area contributed by atoms with Gasteiger partial charge in [0.25, 0.3) is 0 Å². The van der Waals surface area contributed by atoms with Crippen LogP contribution in [-0.2, 0) is 0 Å². The zero-order chi connectivity index (χ0) is 13.7. The Morgan fingerprint density at radius 2 is 2.37 bits per heavy atom. The van der Waals surface area contributed by atoms with Gasteiger partial charge >= 0.3 is 0 Å². The van der Waals surface area contributed by atoms with Crippen molar-refractivity contribution in [1.82, 2.24) is 9.97 Å². The molecule has 0 amide bonds. The predicted molar refractivity (Wildman–Crippen MR) is 77.7 cm³/mol. The van der Waals surface area contributed by atoms with E-state index in [9.17, 15) is 5.11 Å². The Labute approximate surface area is 116 Å². The molecular formula is C13H19N3O2S. The minimum Gasteiger partial charge on any atom is -0.494 e. The summed E-state index contributed by atoms with van der Waals surface area (Å²) in [5.41, 5.74) is 7.25. The van der Waals surface area contributed by atoms with Gasteiger partial charge in [0, 0.05) is 18.4 Å². The fourth-order valence-electron chi connectivity index (χ4n) is 1.70. The third-order valence-corrected chi connectivity index (χ3v) is 3.61. The molecule has 1 unspecified atom stereocenters. The van der Waals surface area contributed by atoms with Gasteiger partial charge in [-0.05, 0) is 25.5 Å². The summed E-state index contributed by atoms with van der Waals surface area (Å²) in [6.45, 7) is 2.91. The van der Waals surface area contributed by atoms with E-state index in [1.54, 1.807) is 11.8 Å². The molecule has 0 aliphatic heterocycles. The Balaban J connectivity index is 2.00. The Morgan fingerprint density at radius 1 is 1.53 bits per heavy atom. The number of nitrogens with two attached hydrogens (primary N) is 1. The Bertz CT molecular complexity index is 530. The van der Waals surface area contributed by atoms with Gasteiger partial charge in [-0.25, -0.2) is 4.98 Å². The third kappa shape index (κ3) is 3.86. The van der Waals surface area contributed by atoms with Gasteiger partial charge in [0.15, 0.2) is 5.16 Å². The predicted octanol–water partition coefficient (Wildman–Crippen LogP) is 1.76. The normalized spacial score (nSPS) is 12.8. The molecule has 1 heterocycles. The van der Waals surface area contributed by atoms with Crippen LogP contribution in [0.15, 0.2) is 23.4 Å². The van der Waals surface area contributed by atoms with E-state index in [0.29, 0.717) is 19.6 Å². The zero-order valence-corrected chi connectivity index (χ0v) is 11.7. The number of rotatable bonds is 7. The van der Waals surface area contributed by atoms with Crippen LogP contribution in [0.3, 0.4) is 0 Å². The number of ether oxygens (including phenoxy) is 1. The monoisotopic (exact) mass is 281 g/mol. The van der Waals surface area contributed by atoms with Crippen molar-refractivity contribution in [3.63, 3.8) is 0 Å². The fourth-order valence-corrected chi connectivity index (χ4v) is 2.63. The van der Waals surface area contributed by atoms with E-state index in [2.05, 4.69) is 9.97 Å². The maximum atomic E-state index is 9.39. The van der Waals surface area contributed by atoms with E-state index in [4.69, 9.17) is 10.5 Å². The number of aromatic nitrogens is 2. The van der Waals surface area contributed by atoms with Crippen LogP contribution in [0.4, 0.5) is 0 Å². The van der Waals surface area contributed by atoms with E-state index < -0.39 is 6.10 Å². The van der Waals surface area contributed by atoms with Crippen LogP contribution in [0.2, 0.25) is 0 Å². The lowest BCUT2D eigenvalue weighted by atomic mass is 10.3. The van der Waals surface area contributed by atoms with Crippen LogP contribution >= 0.6 is 11.8 Å². The summed E-state index contributed by atoms with van der Waals surface area (Å²) in [6, 6.07) is 5.81. The smallest absolute Gasteiger partial charge is 0.166 e. The quantitative estimate of drug-likeness (QED) is 0.674. The third-order valence-electron chi connectivity index (χ3n) is 2.70. The van der Waals surface area contributed by atoms with Gasteiger partial charge < -0.3 is 20.6 Å². The number of hydrogen-bond donors (Lipinski definition) is 3. The van der Waals surface area contributed by atoms with Gasteiger partial charge in [0.1, 0.15) is 5.75 Å². The molecule has 4 N–H and O–H groups in total. The van der Waals surface area contributed by atoms with E-state index >= 15 is 0 Å². The van der Waals surface area contributed by atoms with Gasteiger partial charge in [0.2, 0.25) is 0 Å². The summed E-state index contributed by atoms with van der Waals surface area (Å²) < 4.78 is 5.45. The highest BCUT2D eigenvalue weighted by Crippen LogP contribution is 2.23. The molecule has 0 fully saturated rings. The van der Waals surface area contributed by atoms with Crippen molar-refractivity contribution in [1.29, 1.82) is 0 Å². The molecule has 1 atom stereocenters. The molecule has 2 aromatic rings. The van der Waals surface area contributed by atoms with Crippen LogP contribution in [0.5, 0.6) is 5.75 Å². The molecule has 0 bridgehead atoms. The first-order valence-corrected chi connectivity index (χ1v) is 7.35. The number of hydrogen-bond acceptors (Lipinski definition) is 5. The number of nitrogens with one attached hydrogen (secondary N) is 1. The second-order valence-corrected chi connectivity index (χ2v) is 5.26. The summed E-state index contributed by atoms with van der Waals surface area (Å²) in [4.78, 5) is 7.72. The first kappa shape index (κ1) is 14.2. The van der Waals surface area contributed by atoms with Crippen LogP contribution < -0.4 is 10.5 Å². The van der Waals surface area contributed by atoms with E-state index in [0.717, 1.165) is 27.7 Å². The first-order chi connectivity index (χ1) is 9.22. The number of fused-ring (bicyclic) bond motifs is 1. The zero-order valence-electron chi connectivity index (χ0n) is 10.9. The summed E-state index contributed by atoms with van der Waals surface area (Å²) in [5, 5.41) is 10.2. The minimum atomic E-state index is -0.429. The molecule has 0 aliphatic rings. The number of aliphatic hydroxyl groups is 1. The number of H-pyrrole nitrogens is 1. The number of aliphatic hydroxyl groups excluding tert-OH is 1. The summed E-state index contributed by atoms with van der Waals surface area (Å²) in [6.07, 6.45) is 0.240. The maximum Gasteiger partial charge on any atom is 0.166 e. The summed E-state index contributed by atoms with van der Waals surface area (Å²) in [7, 11) is 0. The molecule has 0 radical (unpaired) electrons. The Hall–Kier alpha value is -1.24. The van der Waals surface area contributed by atoms with Crippen molar-refractivity contribution in [3.8, 4) is 5.75 Å². The first-order valence-electron chi connectivity index (χ1n) is 6.36. The molecule has 5 nitrogen and oxygen atoms in total. The van der Waals surface area contributed by atoms with Crippen LogP contribution in [0, 0.1) is 0 Å². The molecule has 1 aromatic heterocycles. The van der Waals surface area contributed by atoms with Crippen LogP contribution in [0.25, 0.3) is 11.0 Å². The molecular weight excluding hydrogens is 262 g/mol. The number of thioether (sulfide) groups is 1. The lowest BCUT2D eigenvalue weighted by Crippen LogP contribution is -2.20. The molecule has 1 aromatic carbocycles. The van der Waals surface area contributed by atoms with Crippen LogP contribution in [-0.4, -0.2) is 40.1 Å². The second kappa shape index (κ2) is 6.79. The lowest BCUT2D eigenvalue weighted by molar-refractivity contribution is 0.180. The molecule has 0 saturated heterocycles. The average Bonchev–Trinajstić information content (AvgIpc) is 2.80. The minimum absolute atomic E-state index is 0.304. The number of imidazole rings is 1. The number of aromatic amines is 1. The molecule has 19 heavy (non-hydrogen) atoms. The van der Waals surface area contributed by atoms with E-state index in [1.807, 2.05) is 25.1 Å². The van der Waals surface area contributed by atoms with Gasteiger partial charge in [-0.1, -0.05) is 11.8 Å². The highest BCUT2D eigenvalue weighted by atomic mass is 32.2. The van der Waals surface area contributed by atoms with Gasteiger partial charge in [0.05, 0.1) is 23.7 Å². The number of benzene rings is 1. The molecule has 0 spiro atoms. The largest absolute Gasteiger partial charge is 0.494 e. The highest BCUT2D eigenvalue weighted by Gasteiger charge is 2.06. The topological polar surface area (TPSA) is 84.2 Å². The summed E-state index contributed by atoms with van der Waals surface area (Å²) >= 11 is 1.59. The molecule has 0 saturated carbocycles. The Morgan fingerprint density at radius 3 is 3.11 bits per heavy atom. The molecule has 2 rings (SSSR count). The standard InChI is InChI=1S/C13H19N3O2S/c1-2-18-10-3-4-11-12(7-10)16-13(15-11)19-6-5-9(17)8-14/h3-4,7,9,17H,2,5-6,8,14H2,1H3,(H,15,16). The van der Waals surface area contributed by atoms with Crippen LogP contribution in [0.1, 0.15) is 13.3 Å². The maximum absolute atomic E-state index is 9.39. The van der Waals surface area contributed by atoms with E-state index in [1.165, 1.54) is 0 Å². The average molecular weight is 281 g/mol. The van der Waals surface area contributed by atoms with Crippen molar-refractivity contribution in [2.45, 2.75) is 24.6 Å².